The summed E-state index contributed by atoms with van der Waals surface area (Å²) in [5.74, 6) is -0.162. The van der Waals surface area contributed by atoms with Gasteiger partial charge in [0.1, 0.15) is 6.54 Å². The van der Waals surface area contributed by atoms with E-state index in [-0.39, 0.29) is 24.2 Å². The van der Waals surface area contributed by atoms with E-state index in [2.05, 4.69) is 10.6 Å². The lowest BCUT2D eigenvalue weighted by Gasteiger charge is -2.11. The van der Waals surface area contributed by atoms with Gasteiger partial charge in [0.25, 0.3) is 0 Å². The van der Waals surface area contributed by atoms with Crippen molar-refractivity contribution < 1.29 is 4.79 Å². The van der Waals surface area contributed by atoms with Crippen molar-refractivity contribution in [2.75, 3.05) is 13.6 Å². The van der Waals surface area contributed by atoms with Crippen LogP contribution >= 0.6 is 0 Å². The van der Waals surface area contributed by atoms with Crippen LogP contribution in [0.25, 0.3) is 11.0 Å². The van der Waals surface area contributed by atoms with Crippen LogP contribution in [0.2, 0.25) is 0 Å². The van der Waals surface area contributed by atoms with Gasteiger partial charge < -0.3 is 10.6 Å². The molecule has 1 aromatic carbocycles. The monoisotopic (exact) mass is 276 g/mol. The Kier molecular flexibility index (Phi) is 4.24. The number of aromatic nitrogens is 2. The molecule has 1 aromatic heterocycles. The van der Waals surface area contributed by atoms with Gasteiger partial charge in [0.2, 0.25) is 5.91 Å². The molecule has 0 bridgehead atoms. The van der Waals surface area contributed by atoms with E-state index < -0.39 is 0 Å². The molecule has 108 valence electrons. The number of nitrogens with zero attached hydrogens (tertiary/aromatic N) is 2. The Labute approximate surface area is 117 Å². The number of hydrogen-bond donors (Lipinski definition) is 2. The predicted octanol–water partition coefficient (Wildman–Crippen LogP) is 0.0641. The van der Waals surface area contributed by atoms with Crippen LogP contribution in [0, 0.1) is 0 Å². The Balaban J connectivity index is 2.20. The van der Waals surface area contributed by atoms with Gasteiger partial charge in [-0.3, -0.25) is 13.9 Å². The van der Waals surface area contributed by atoms with Crippen LogP contribution in [0.5, 0.6) is 0 Å². The third-order valence-electron chi connectivity index (χ3n) is 3.45. The minimum absolute atomic E-state index is 0.0383. The second kappa shape index (κ2) is 5.92. The summed E-state index contributed by atoms with van der Waals surface area (Å²) < 4.78 is 3.05. The summed E-state index contributed by atoms with van der Waals surface area (Å²) in [4.78, 5) is 24.1. The quantitative estimate of drug-likeness (QED) is 0.811. The molecule has 1 unspecified atom stereocenters. The molecule has 0 saturated heterocycles. The van der Waals surface area contributed by atoms with E-state index in [1.807, 2.05) is 38.2 Å². The summed E-state index contributed by atoms with van der Waals surface area (Å²) in [5.41, 5.74) is 1.42. The fourth-order valence-electron chi connectivity index (χ4n) is 2.08. The molecule has 0 saturated carbocycles. The maximum Gasteiger partial charge on any atom is 0.329 e. The number of rotatable bonds is 5. The number of nitrogens with one attached hydrogen (secondary N) is 2. The standard InChI is InChI=1S/C14H20N4O2/c1-10(15-2)8-16-13(19)9-18-12-7-5-4-6-11(12)17(3)14(18)20/h4-7,10,15H,8-9H2,1-3H3,(H,16,19). The molecule has 2 N–H and O–H groups in total. The second-order valence-electron chi connectivity index (χ2n) is 4.91. The summed E-state index contributed by atoms with van der Waals surface area (Å²) in [6.07, 6.45) is 0. The van der Waals surface area contributed by atoms with Crippen molar-refractivity contribution in [2.24, 2.45) is 7.05 Å². The molecule has 20 heavy (non-hydrogen) atoms. The van der Waals surface area contributed by atoms with Gasteiger partial charge in [-0.05, 0) is 26.1 Å². The number of carbonyl (C=O) groups is 1. The fraction of sp³-hybridized carbons (Fsp3) is 0.429. The average Bonchev–Trinajstić information content (AvgIpc) is 2.70. The maximum atomic E-state index is 12.2. The molecule has 0 radical (unpaired) electrons. The minimum Gasteiger partial charge on any atom is -0.353 e. The summed E-state index contributed by atoms with van der Waals surface area (Å²) in [6.45, 7) is 2.55. The summed E-state index contributed by atoms with van der Waals surface area (Å²) in [7, 11) is 3.55. The van der Waals surface area contributed by atoms with Gasteiger partial charge in [0, 0.05) is 19.6 Å². The molecular weight excluding hydrogens is 256 g/mol. The van der Waals surface area contributed by atoms with Crippen molar-refractivity contribution in [3.8, 4) is 0 Å². The first-order valence-electron chi connectivity index (χ1n) is 6.62. The van der Waals surface area contributed by atoms with Crippen LogP contribution in [-0.2, 0) is 18.4 Å². The van der Waals surface area contributed by atoms with E-state index in [0.717, 1.165) is 11.0 Å². The zero-order valence-electron chi connectivity index (χ0n) is 12.0. The lowest BCUT2D eigenvalue weighted by molar-refractivity contribution is -0.121. The number of amides is 1. The van der Waals surface area contributed by atoms with Gasteiger partial charge in [0.05, 0.1) is 11.0 Å². The van der Waals surface area contributed by atoms with Crippen LogP contribution in [0.3, 0.4) is 0 Å². The second-order valence-corrected chi connectivity index (χ2v) is 4.91. The molecule has 0 aliphatic rings. The first-order chi connectivity index (χ1) is 9.54. The number of likely N-dealkylation sites (N-methyl/N-ethyl adjacent to an activating group) is 1. The van der Waals surface area contributed by atoms with E-state index in [1.54, 1.807) is 11.6 Å². The van der Waals surface area contributed by atoms with Gasteiger partial charge in [-0.1, -0.05) is 12.1 Å². The van der Waals surface area contributed by atoms with E-state index in [4.69, 9.17) is 0 Å². The molecule has 6 heteroatoms. The molecule has 1 atom stereocenters. The summed E-state index contributed by atoms with van der Waals surface area (Å²) >= 11 is 0. The highest BCUT2D eigenvalue weighted by atomic mass is 16.2. The number of benzene rings is 1. The molecule has 0 aliphatic heterocycles. The molecule has 1 heterocycles. The molecule has 0 aliphatic carbocycles. The van der Waals surface area contributed by atoms with Gasteiger partial charge in [-0.15, -0.1) is 0 Å². The van der Waals surface area contributed by atoms with Gasteiger partial charge in [-0.2, -0.15) is 0 Å². The number of carbonyl (C=O) groups excluding carboxylic acids is 1. The molecule has 0 fully saturated rings. The van der Waals surface area contributed by atoms with Crippen molar-refractivity contribution in [1.82, 2.24) is 19.8 Å². The highest BCUT2D eigenvalue weighted by molar-refractivity contribution is 5.80. The number of imidazole rings is 1. The normalized spacial score (nSPS) is 12.6. The largest absolute Gasteiger partial charge is 0.353 e. The van der Waals surface area contributed by atoms with Gasteiger partial charge in [0.15, 0.2) is 0 Å². The number of para-hydroxylation sites is 2. The number of hydrogen-bond acceptors (Lipinski definition) is 3. The fourth-order valence-corrected chi connectivity index (χ4v) is 2.08. The molecule has 1 amide bonds. The van der Waals surface area contributed by atoms with Crippen LogP contribution in [0.4, 0.5) is 0 Å². The average molecular weight is 276 g/mol. The van der Waals surface area contributed by atoms with Crippen LogP contribution in [0.15, 0.2) is 29.1 Å². The van der Waals surface area contributed by atoms with E-state index in [0.29, 0.717) is 6.54 Å². The molecule has 0 spiro atoms. The van der Waals surface area contributed by atoms with Gasteiger partial charge in [-0.25, -0.2) is 4.79 Å². The third kappa shape index (κ3) is 2.75. The molecule has 2 rings (SSSR count). The SMILES string of the molecule is CNC(C)CNC(=O)Cn1c(=O)n(C)c2ccccc21. The third-order valence-corrected chi connectivity index (χ3v) is 3.45. The zero-order valence-corrected chi connectivity index (χ0v) is 12.0. The first-order valence-corrected chi connectivity index (χ1v) is 6.62. The zero-order chi connectivity index (χ0) is 14.7. The van der Waals surface area contributed by atoms with Crippen molar-refractivity contribution in [2.45, 2.75) is 19.5 Å². The maximum absolute atomic E-state index is 12.2. The van der Waals surface area contributed by atoms with Crippen LogP contribution in [0.1, 0.15) is 6.92 Å². The predicted molar refractivity (Wildman–Crippen MR) is 78.7 cm³/mol. The van der Waals surface area contributed by atoms with Crippen LogP contribution < -0.4 is 16.3 Å². The van der Waals surface area contributed by atoms with Gasteiger partial charge >= 0.3 is 5.69 Å². The molecular formula is C14H20N4O2. The lowest BCUT2D eigenvalue weighted by atomic mass is 10.3. The topological polar surface area (TPSA) is 68.1 Å². The number of aryl methyl sites for hydroxylation is 1. The smallest absolute Gasteiger partial charge is 0.329 e. The van der Waals surface area contributed by atoms with E-state index in [1.165, 1.54) is 4.57 Å². The summed E-state index contributed by atoms with van der Waals surface area (Å²) in [5, 5.41) is 5.85. The Morgan fingerprint density at radius 3 is 2.60 bits per heavy atom. The lowest BCUT2D eigenvalue weighted by Crippen LogP contribution is -2.39. The van der Waals surface area contributed by atoms with E-state index in [9.17, 15) is 9.59 Å². The summed E-state index contributed by atoms with van der Waals surface area (Å²) in [6, 6.07) is 7.65. The van der Waals surface area contributed by atoms with Crippen molar-refractivity contribution in [3.05, 3.63) is 34.7 Å². The Morgan fingerprint density at radius 2 is 1.95 bits per heavy atom. The first kappa shape index (κ1) is 14.3. The molecule has 2 aromatic rings. The Bertz CT molecular complexity index is 671. The Hall–Kier alpha value is -2.08. The number of fused-ring (bicyclic) bond motifs is 1. The van der Waals surface area contributed by atoms with Crippen molar-refractivity contribution in [1.29, 1.82) is 0 Å². The highest BCUT2D eigenvalue weighted by Crippen LogP contribution is 2.10. The van der Waals surface area contributed by atoms with E-state index >= 15 is 0 Å². The minimum atomic E-state index is -0.178. The Morgan fingerprint density at radius 1 is 1.30 bits per heavy atom. The highest BCUT2D eigenvalue weighted by Gasteiger charge is 2.13. The van der Waals surface area contributed by atoms with Crippen molar-refractivity contribution in [3.63, 3.8) is 0 Å². The molecule has 6 nitrogen and oxygen atoms in total. The van der Waals surface area contributed by atoms with Crippen molar-refractivity contribution >= 4 is 16.9 Å². The van der Waals surface area contributed by atoms with Crippen LogP contribution in [-0.4, -0.2) is 34.7 Å².